The van der Waals surface area contributed by atoms with Crippen LogP contribution in [0.1, 0.15) is 40.0 Å². The SMILES string of the molecule is CC1CCCC(NC(=O)C(C)N2CCN(CC(=O)Nc3ccccc3Cl)CC2)C1C. The van der Waals surface area contributed by atoms with Gasteiger partial charge >= 0.3 is 0 Å². The van der Waals surface area contributed by atoms with Crippen molar-refractivity contribution in [3.8, 4) is 0 Å². The molecule has 166 valence electrons. The van der Waals surface area contributed by atoms with E-state index in [9.17, 15) is 9.59 Å². The Bertz CT molecular complexity index is 736. The van der Waals surface area contributed by atoms with Gasteiger partial charge in [-0.1, -0.05) is 50.4 Å². The van der Waals surface area contributed by atoms with Crippen LogP contribution in [0, 0.1) is 11.8 Å². The van der Waals surface area contributed by atoms with Gasteiger partial charge in [-0.3, -0.25) is 19.4 Å². The standard InChI is InChI=1S/C23H35ClN4O2/c1-16-7-6-10-20(17(16)2)26-23(30)18(3)28-13-11-27(12-14-28)15-22(29)25-21-9-5-4-8-19(21)24/h4-5,8-9,16-18,20H,6-7,10-15H2,1-3H3,(H,25,29)(H,26,30). The van der Waals surface area contributed by atoms with Gasteiger partial charge in [0.05, 0.1) is 23.3 Å². The number of anilines is 1. The molecule has 0 radical (unpaired) electrons. The first-order valence-corrected chi connectivity index (χ1v) is 11.5. The minimum atomic E-state index is -0.145. The molecule has 2 N–H and O–H groups in total. The number of piperazine rings is 1. The summed E-state index contributed by atoms with van der Waals surface area (Å²) in [5.74, 6) is 1.26. The van der Waals surface area contributed by atoms with E-state index in [-0.39, 0.29) is 17.9 Å². The maximum atomic E-state index is 12.8. The minimum absolute atomic E-state index is 0.0669. The van der Waals surface area contributed by atoms with Crippen LogP contribution in [-0.4, -0.2) is 66.4 Å². The second-order valence-electron chi connectivity index (χ2n) is 8.90. The van der Waals surface area contributed by atoms with Crippen LogP contribution >= 0.6 is 11.6 Å². The molecule has 1 heterocycles. The number of carbonyl (C=O) groups is 2. The molecule has 3 rings (SSSR count). The number of carbonyl (C=O) groups excluding carboxylic acids is 2. The van der Waals surface area contributed by atoms with Crippen molar-refractivity contribution >= 4 is 29.1 Å². The summed E-state index contributed by atoms with van der Waals surface area (Å²) in [7, 11) is 0. The highest BCUT2D eigenvalue weighted by Crippen LogP contribution is 2.29. The van der Waals surface area contributed by atoms with Crippen LogP contribution in [0.3, 0.4) is 0 Å². The number of hydrogen-bond donors (Lipinski definition) is 2. The minimum Gasteiger partial charge on any atom is -0.352 e. The van der Waals surface area contributed by atoms with Gasteiger partial charge in [0, 0.05) is 32.2 Å². The van der Waals surface area contributed by atoms with E-state index in [4.69, 9.17) is 11.6 Å². The van der Waals surface area contributed by atoms with Crippen molar-refractivity contribution in [1.82, 2.24) is 15.1 Å². The number of hydrogen-bond acceptors (Lipinski definition) is 4. The van der Waals surface area contributed by atoms with Crippen molar-refractivity contribution in [2.24, 2.45) is 11.8 Å². The molecule has 2 amide bonds. The lowest BCUT2D eigenvalue weighted by Crippen LogP contribution is -2.56. The van der Waals surface area contributed by atoms with E-state index in [0.29, 0.717) is 35.1 Å². The van der Waals surface area contributed by atoms with Gasteiger partial charge in [0.1, 0.15) is 0 Å². The molecule has 30 heavy (non-hydrogen) atoms. The normalized spacial score (nSPS) is 26.7. The number of nitrogens with one attached hydrogen (secondary N) is 2. The molecule has 7 heteroatoms. The summed E-state index contributed by atoms with van der Waals surface area (Å²) in [5.41, 5.74) is 0.638. The van der Waals surface area contributed by atoms with Crippen molar-refractivity contribution in [2.75, 3.05) is 38.0 Å². The fourth-order valence-electron chi connectivity index (χ4n) is 4.52. The number of halogens is 1. The van der Waals surface area contributed by atoms with E-state index in [1.807, 2.05) is 19.1 Å². The molecule has 4 atom stereocenters. The molecule has 2 aliphatic rings. The fourth-order valence-corrected chi connectivity index (χ4v) is 4.70. The van der Waals surface area contributed by atoms with Crippen molar-refractivity contribution in [2.45, 2.75) is 52.1 Å². The summed E-state index contributed by atoms with van der Waals surface area (Å²) in [6, 6.07) is 7.39. The van der Waals surface area contributed by atoms with E-state index in [1.165, 1.54) is 12.8 Å². The Morgan fingerprint density at radius 3 is 2.53 bits per heavy atom. The van der Waals surface area contributed by atoms with E-state index < -0.39 is 0 Å². The third kappa shape index (κ3) is 5.96. The molecule has 0 bridgehead atoms. The van der Waals surface area contributed by atoms with Gasteiger partial charge in [-0.25, -0.2) is 0 Å². The second-order valence-corrected chi connectivity index (χ2v) is 9.31. The second kappa shape index (κ2) is 10.6. The molecule has 1 aliphatic heterocycles. The topological polar surface area (TPSA) is 64.7 Å². The number of rotatable bonds is 6. The smallest absolute Gasteiger partial charge is 0.238 e. The third-order valence-corrected chi connectivity index (χ3v) is 7.21. The first-order chi connectivity index (χ1) is 14.3. The zero-order valence-electron chi connectivity index (χ0n) is 18.4. The Hall–Kier alpha value is -1.63. The molecule has 4 unspecified atom stereocenters. The summed E-state index contributed by atoms with van der Waals surface area (Å²) < 4.78 is 0. The quantitative estimate of drug-likeness (QED) is 0.721. The van der Waals surface area contributed by atoms with E-state index >= 15 is 0 Å². The molecular weight excluding hydrogens is 400 g/mol. The first-order valence-electron chi connectivity index (χ1n) is 11.2. The Morgan fingerprint density at radius 2 is 1.83 bits per heavy atom. The van der Waals surface area contributed by atoms with Crippen LogP contribution in [0.25, 0.3) is 0 Å². The molecule has 1 aromatic rings. The highest BCUT2D eigenvalue weighted by Gasteiger charge is 2.31. The van der Waals surface area contributed by atoms with Crippen LogP contribution in [0.2, 0.25) is 5.02 Å². The van der Waals surface area contributed by atoms with Gasteiger partial charge in [0.15, 0.2) is 0 Å². The average Bonchev–Trinajstić information content (AvgIpc) is 2.73. The Morgan fingerprint density at radius 1 is 1.13 bits per heavy atom. The molecular formula is C23H35ClN4O2. The van der Waals surface area contributed by atoms with Crippen molar-refractivity contribution < 1.29 is 9.59 Å². The van der Waals surface area contributed by atoms with Gasteiger partial charge < -0.3 is 10.6 Å². The van der Waals surface area contributed by atoms with Crippen LogP contribution in [0.5, 0.6) is 0 Å². The zero-order chi connectivity index (χ0) is 21.7. The Kier molecular flexibility index (Phi) is 8.14. The summed E-state index contributed by atoms with van der Waals surface area (Å²) in [4.78, 5) is 29.5. The number of para-hydroxylation sites is 1. The number of nitrogens with zero attached hydrogens (tertiary/aromatic N) is 2. The maximum absolute atomic E-state index is 12.8. The summed E-state index contributed by atoms with van der Waals surface area (Å²) in [6.07, 6.45) is 3.53. The third-order valence-electron chi connectivity index (χ3n) is 6.88. The first kappa shape index (κ1) is 23.0. The van der Waals surface area contributed by atoms with Gasteiger partial charge in [0.25, 0.3) is 0 Å². The largest absolute Gasteiger partial charge is 0.352 e. The van der Waals surface area contributed by atoms with Crippen molar-refractivity contribution in [3.63, 3.8) is 0 Å². The van der Waals surface area contributed by atoms with Gasteiger partial charge in [-0.15, -0.1) is 0 Å². The highest BCUT2D eigenvalue weighted by molar-refractivity contribution is 6.33. The lowest BCUT2D eigenvalue weighted by molar-refractivity contribution is -0.128. The van der Waals surface area contributed by atoms with Crippen LogP contribution in [0.4, 0.5) is 5.69 Å². The molecule has 1 aliphatic carbocycles. The fraction of sp³-hybridized carbons (Fsp3) is 0.652. The van der Waals surface area contributed by atoms with E-state index in [1.54, 1.807) is 12.1 Å². The van der Waals surface area contributed by atoms with Crippen LogP contribution in [0.15, 0.2) is 24.3 Å². The Labute approximate surface area is 185 Å². The summed E-state index contributed by atoms with van der Waals surface area (Å²) in [6.45, 7) is 9.96. The number of amides is 2. The van der Waals surface area contributed by atoms with E-state index in [2.05, 4.69) is 34.3 Å². The molecule has 1 saturated heterocycles. The predicted octanol–water partition coefficient (Wildman–Crippen LogP) is 3.23. The number of benzene rings is 1. The van der Waals surface area contributed by atoms with E-state index in [0.717, 1.165) is 32.6 Å². The van der Waals surface area contributed by atoms with Crippen LogP contribution in [-0.2, 0) is 9.59 Å². The molecule has 0 spiro atoms. The van der Waals surface area contributed by atoms with Gasteiger partial charge in [0.2, 0.25) is 11.8 Å². The Balaban J connectivity index is 1.42. The van der Waals surface area contributed by atoms with Crippen molar-refractivity contribution in [3.05, 3.63) is 29.3 Å². The molecule has 0 aromatic heterocycles. The average molecular weight is 435 g/mol. The summed E-state index contributed by atoms with van der Waals surface area (Å²) in [5, 5.41) is 6.71. The predicted molar refractivity (Wildman–Crippen MR) is 122 cm³/mol. The summed E-state index contributed by atoms with van der Waals surface area (Å²) >= 11 is 6.11. The van der Waals surface area contributed by atoms with Crippen LogP contribution < -0.4 is 10.6 Å². The highest BCUT2D eigenvalue weighted by atomic mass is 35.5. The molecule has 6 nitrogen and oxygen atoms in total. The van der Waals surface area contributed by atoms with Crippen molar-refractivity contribution in [1.29, 1.82) is 0 Å². The zero-order valence-corrected chi connectivity index (χ0v) is 19.1. The monoisotopic (exact) mass is 434 g/mol. The molecule has 2 fully saturated rings. The lowest BCUT2D eigenvalue weighted by atomic mass is 9.78. The maximum Gasteiger partial charge on any atom is 0.238 e. The molecule has 1 saturated carbocycles. The van der Waals surface area contributed by atoms with Gasteiger partial charge in [-0.2, -0.15) is 0 Å². The molecule has 1 aromatic carbocycles. The van der Waals surface area contributed by atoms with Gasteiger partial charge in [-0.05, 0) is 37.3 Å². The lowest BCUT2D eigenvalue weighted by Gasteiger charge is -2.39.